The highest BCUT2D eigenvalue weighted by molar-refractivity contribution is 6.31. The number of carboxylic acid groups (broad SMARTS) is 1. The Morgan fingerprint density at radius 2 is 2.05 bits per heavy atom. The van der Waals surface area contributed by atoms with Crippen molar-refractivity contribution in [3.05, 3.63) is 28.8 Å². The molecule has 19 heavy (non-hydrogen) atoms. The molecule has 0 saturated carbocycles. The molecule has 1 aromatic rings. The highest BCUT2D eigenvalue weighted by atomic mass is 35.5. The van der Waals surface area contributed by atoms with Crippen molar-refractivity contribution in [3.63, 3.8) is 0 Å². The SMILES string of the molecule is Cc1c(Cl)cccc1N(CCC(=O)O)CCC(C)C. The normalized spacial score (nSPS) is 10.8. The maximum atomic E-state index is 10.8. The van der Waals surface area contributed by atoms with E-state index in [0.29, 0.717) is 12.5 Å². The lowest BCUT2D eigenvalue weighted by molar-refractivity contribution is -0.136. The van der Waals surface area contributed by atoms with Crippen molar-refractivity contribution in [2.75, 3.05) is 18.0 Å². The fraction of sp³-hybridized carbons (Fsp3) is 0.533. The van der Waals surface area contributed by atoms with Gasteiger partial charge in [0.05, 0.1) is 6.42 Å². The molecule has 1 N–H and O–H groups in total. The first-order valence-electron chi connectivity index (χ1n) is 6.63. The molecular weight excluding hydrogens is 262 g/mol. The van der Waals surface area contributed by atoms with Gasteiger partial charge in [0.1, 0.15) is 0 Å². The Bertz CT molecular complexity index is 432. The Hall–Kier alpha value is -1.22. The molecular formula is C15H22ClNO2. The van der Waals surface area contributed by atoms with Crippen molar-refractivity contribution in [2.45, 2.75) is 33.6 Å². The first-order valence-corrected chi connectivity index (χ1v) is 7.01. The van der Waals surface area contributed by atoms with Crippen LogP contribution in [0.2, 0.25) is 5.02 Å². The Morgan fingerprint density at radius 3 is 2.63 bits per heavy atom. The molecule has 1 rings (SSSR count). The number of halogens is 1. The smallest absolute Gasteiger partial charge is 0.305 e. The fourth-order valence-corrected chi connectivity index (χ4v) is 2.11. The minimum atomic E-state index is -0.769. The third kappa shape index (κ3) is 5.11. The van der Waals surface area contributed by atoms with Crippen LogP contribution in [-0.4, -0.2) is 24.2 Å². The average Bonchev–Trinajstić information content (AvgIpc) is 2.33. The number of benzene rings is 1. The maximum Gasteiger partial charge on any atom is 0.305 e. The zero-order valence-electron chi connectivity index (χ0n) is 11.8. The molecule has 0 fully saturated rings. The van der Waals surface area contributed by atoms with Crippen molar-refractivity contribution in [3.8, 4) is 0 Å². The molecule has 106 valence electrons. The number of anilines is 1. The number of carboxylic acids is 1. The monoisotopic (exact) mass is 283 g/mol. The summed E-state index contributed by atoms with van der Waals surface area (Å²) in [5, 5.41) is 9.58. The van der Waals surface area contributed by atoms with Gasteiger partial charge in [-0.05, 0) is 37.0 Å². The summed E-state index contributed by atoms with van der Waals surface area (Å²) in [5.74, 6) is -0.180. The number of hydrogen-bond acceptors (Lipinski definition) is 2. The fourth-order valence-electron chi connectivity index (χ4n) is 1.94. The third-order valence-electron chi connectivity index (χ3n) is 3.15. The Labute approximate surface area is 120 Å². The highest BCUT2D eigenvalue weighted by Gasteiger charge is 2.13. The van der Waals surface area contributed by atoms with Crippen molar-refractivity contribution in [1.82, 2.24) is 0 Å². The molecule has 3 nitrogen and oxygen atoms in total. The van der Waals surface area contributed by atoms with Crippen LogP contribution in [0.3, 0.4) is 0 Å². The zero-order valence-corrected chi connectivity index (χ0v) is 12.6. The summed E-state index contributed by atoms with van der Waals surface area (Å²) in [5.41, 5.74) is 2.05. The highest BCUT2D eigenvalue weighted by Crippen LogP contribution is 2.27. The quantitative estimate of drug-likeness (QED) is 0.823. The van der Waals surface area contributed by atoms with Gasteiger partial charge in [-0.1, -0.05) is 31.5 Å². The lowest BCUT2D eigenvalue weighted by Gasteiger charge is -2.27. The third-order valence-corrected chi connectivity index (χ3v) is 3.56. The van der Waals surface area contributed by atoms with E-state index in [-0.39, 0.29) is 6.42 Å². The van der Waals surface area contributed by atoms with E-state index in [9.17, 15) is 4.79 Å². The van der Waals surface area contributed by atoms with E-state index in [2.05, 4.69) is 18.7 Å². The van der Waals surface area contributed by atoms with E-state index in [0.717, 1.165) is 29.2 Å². The zero-order chi connectivity index (χ0) is 14.4. The predicted molar refractivity (Wildman–Crippen MR) is 80.1 cm³/mol. The summed E-state index contributed by atoms with van der Waals surface area (Å²) in [6.07, 6.45) is 1.18. The summed E-state index contributed by atoms with van der Waals surface area (Å²) in [7, 11) is 0. The van der Waals surface area contributed by atoms with E-state index >= 15 is 0 Å². The van der Waals surface area contributed by atoms with Gasteiger partial charge in [-0.25, -0.2) is 0 Å². The molecule has 0 bridgehead atoms. The predicted octanol–water partition coefficient (Wildman–Crippen LogP) is 3.98. The summed E-state index contributed by atoms with van der Waals surface area (Å²) in [6, 6.07) is 5.77. The molecule has 0 spiro atoms. The van der Waals surface area contributed by atoms with E-state index in [1.54, 1.807) is 0 Å². The molecule has 0 aliphatic carbocycles. The van der Waals surface area contributed by atoms with Crippen LogP contribution in [-0.2, 0) is 4.79 Å². The van der Waals surface area contributed by atoms with E-state index in [1.165, 1.54) is 0 Å². The van der Waals surface area contributed by atoms with Gasteiger partial charge in [0.25, 0.3) is 0 Å². The molecule has 0 aliphatic rings. The molecule has 0 aliphatic heterocycles. The topological polar surface area (TPSA) is 40.5 Å². The van der Waals surface area contributed by atoms with Gasteiger partial charge >= 0.3 is 5.97 Å². The summed E-state index contributed by atoms with van der Waals surface area (Å²) < 4.78 is 0. The van der Waals surface area contributed by atoms with Crippen LogP contribution in [0.4, 0.5) is 5.69 Å². The van der Waals surface area contributed by atoms with Gasteiger partial charge < -0.3 is 10.0 Å². The summed E-state index contributed by atoms with van der Waals surface area (Å²) >= 11 is 6.14. The maximum absolute atomic E-state index is 10.8. The van der Waals surface area contributed by atoms with Crippen molar-refractivity contribution >= 4 is 23.3 Å². The molecule has 4 heteroatoms. The van der Waals surface area contributed by atoms with Crippen LogP contribution in [0.5, 0.6) is 0 Å². The summed E-state index contributed by atoms with van der Waals surface area (Å²) in [6.45, 7) is 7.68. The summed E-state index contributed by atoms with van der Waals surface area (Å²) in [4.78, 5) is 12.9. The molecule has 0 unspecified atom stereocenters. The number of carbonyl (C=O) groups is 1. The lowest BCUT2D eigenvalue weighted by Crippen LogP contribution is -2.28. The van der Waals surface area contributed by atoms with Crippen LogP contribution < -0.4 is 4.90 Å². The van der Waals surface area contributed by atoms with Gasteiger partial charge in [0, 0.05) is 23.8 Å². The van der Waals surface area contributed by atoms with E-state index in [4.69, 9.17) is 16.7 Å². The first kappa shape index (κ1) is 15.8. The lowest BCUT2D eigenvalue weighted by atomic mass is 10.1. The Balaban J connectivity index is 2.87. The van der Waals surface area contributed by atoms with Gasteiger partial charge in [0.15, 0.2) is 0 Å². The molecule has 0 aromatic heterocycles. The second-order valence-corrected chi connectivity index (χ2v) is 5.60. The van der Waals surface area contributed by atoms with Crippen molar-refractivity contribution in [2.24, 2.45) is 5.92 Å². The standard InChI is InChI=1S/C15H22ClNO2/c1-11(2)7-9-17(10-8-15(18)19)14-6-4-5-13(16)12(14)3/h4-6,11H,7-10H2,1-3H3,(H,18,19). The number of nitrogens with zero attached hydrogens (tertiary/aromatic N) is 1. The number of hydrogen-bond donors (Lipinski definition) is 1. The molecule has 0 heterocycles. The van der Waals surface area contributed by atoms with Crippen molar-refractivity contribution < 1.29 is 9.90 Å². The second kappa shape index (κ2) is 7.39. The second-order valence-electron chi connectivity index (χ2n) is 5.20. The van der Waals surface area contributed by atoms with Gasteiger partial charge in [-0.3, -0.25) is 4.79 Å². The van der Waals surface area contributed by atoms with Crippen LogP contribution in [0.15, 0.2) is 18.2 Å². The average molecular weight is 284 g/mol. The molecule has 0 saturated heterocycles. The number of rotatable bonds is 7. The minimum Gasteiger partial charge on any atom is -0.481 e. The van der Waals surface area contributed by atoms with Crippen LogP contribution >= 0.6 is 11.6 Å². The van der Waals surface area contributed by atoms with E-state index < -0.39 is 5.97 Å². The van der Waals surface area contributed by atoms with Gasteiger partial charge in [-0.2, -0.15) is 0 Å². The largest absolute Gasteiger partial charge is 0.481 e. The Morgan fingerprint density at radius 1 is 1.37 bits per heavy atom. The Kier molecular flexibility index (Phi) is 6.16. The molecule has 1 aromatic carbocycles. The van der Waals surface area contributed by atoms with Crippen LogP contribution in [0, 0.1) is 12.8 Å². The van der Waals surface area contributed by atoms with Gasteiger partial charge in [0.2, 0.25) is 0 Å². The van der Waals surface area contributed by atoms with Crippen LogP contribution in [0.25, 0.3) is 0 Å². The molecule has 0 amide bonds. The molecule has 0 radical (unpaired) electrons. The van der Waals surface area contributed by atoms with E-state index in [1.807, 2.05) is 25.1 Å². The first-order chi connectivity index (χ1) is 8.91. The minimum absolute atomic E-state index is 0.143. The van der Waals surface area contributed by atoms with Crippen LogP contribution in [0.1, 0.15) is 32.3 Å². The number of aliphatic carboxylic acids is 1. The molecule has 0 atom stereocenters. The van der Waals surface area contributed by atoms with Gasteiger partial charge in [-0.15, -0.1) is 0 Å². The van der Waals surface area contributed by atoms with Crippen molar-refractivity contribution in [1.29, 1.82) is 0 Å².